The molecule has 1 N–H and O–H groups in total. The Balaban J connectivity index is 2.32. The SMILES string of the molecule is O=CN1CCCC[C@H]1c1ccc[nH]c1=O. The Morgan fingerprint density at radius 3 is 3.07 bits per heavy atom. The largest absolute Gasteiger partial charge is 0.338 e. The van der Waals surface area contributed by atoms with Crippen molar-refractivity contribution in [2.75, 3.05) is 6.54 Å². The Hall–Kier alpha value is -1.58. The molecule has 1 fully saturated rings. The summed E-state index contributed by atoms with van der Waals surface area (Å²) in [4.78, 5) is 26.8. The number of aromatic amines is 1. The highest BCUT2D eigenvalue weighted by Crippen LogP contribution is 2.27. The van der Waals surface area contributed by atoms with E-state index >= 15 is 0 Å². The van der Waals surface area contributed by atoms with E-state index in [-0.39, 0.29) is 11.6 Å². The van der Waals surface area contributed by atoms with Crippen molar-refractivity contribution in [1.29, 1.82) is 0 Å². The second-order valence-electron chi connectivity index (χ2n) is 3.81. The van der Waals surface area contributed by atoms with E-state index < -0.39 is 0 Å². The average Bonchev–Trinajstić information content (AvgIpc) is 2.30. The third-order valence-electron chi connectivity index (χ3n) is 2.89. The standard InChI is InChI=1S/C11H14N2O2/c14-8-13-7-2-1-5-10(13)9-4-3-6-12-11(9)15/h3-4,6,8,10H,1-2,5,7H2,(H,12,15)/t10-/m0/s1. The number of hydrogen-bond donors (Lipinski definition) is 1. The molecule has 0 bridgehead atoms. The van der Waals surface area contributed by atoms with Crippen LogP contribution in [0.2, 0.25) is 0 Å². The van der Waals surface area contributed by atoms with E-state index in [1.807, 2.05) is 0 Å². The average molecular weight is 206 g/mol. The van der Waals surface area contributed by atoms with Crippen LogP contribution in [0.25, 0.3) is 0 Å². The molecule has 0 spiro atoms. The summed E-state index contributed by atoms with van der Waals surface area (Å²) in [7, 11) is 0. The van der Waals surface area contributed by atoms with E-state index in [4.69, 9.17) is 0 Å². The lowest BCUT2D eigenvalue weighted by Crippen LogP contribution is -2.35. The van der Waals surface area contributed by atoms with Crippen LogP contribution in [0, 0.1) is 0 Å². The summed E-state index contributed by atoms with van der Waals surface area (Å²) >= 11 is 0. The fourth-order valence-corrected chi connectivity index (χ4v) is 2.11. The number of H-pyrrole nitrogens is 1. The number of rotatable bonds is 2. The van der Waals surface area contributed by atoms with Gasteiger partial charge in [-0.25, -0.2) is 0 Å². The smallest absolute Gasteiger partial charge is 0.253 e. The van der Waals surface area contributed by atoms with Crippen LogP contribution < -0.4 is 5.56 Å². The molecule has 4 heteroatoms. The van der Waals surface area contributed by atoms with Gasteiger partial charge in [0, 0.05) is 18.3 Å². The Morgan fingerprint density at radius 1 is 1.47 bits per heavy atom. The molecule has 0 aromatic carbocycles. The number of pyridine rings is 1. The monoisotopic (exact) mass is 206 g/mol. The van der Waals surface area contributed by atoms with Crippen molar-refractivity contribution >= 4 is 6.41 Å². The molecule has 1 aromatic heterocycles. The van der Waals surface area contributed by atoms with E-state index in [0.29, 0.717) is 5.56 Å². The first-order chi connectivity index (χ1) is 7.33. The van der Waals surface area contributed by atoms with Gasteiger partial charge in [-0.15, -0.1) is 0 Å². The zero-order chi connectivity index (χ0) is 10.7. The maximum atomic E-state index is 11.6. The van der Waals surface area contributed by atoms with Crippen molar-refractivity contribution in [3.05, 3.63) is 34.2 Å². The van der Waals surface area contributed by atoms with Crippen molar-refractivity contribution < 1.29 is 4.79 Å². The topological polar surface area (TPSA) is 53.2 Å². The summed E-state index contributed by atoms with van der Waals surface area (Å²) in [5.74, 6) is 0. The summed E-state index contributed by atoms with van der Waals surface area (Å²) in [5, 5.41) is 0. The molecule has 1 saturated heterocycles. The van der Waals surface area contributed by atoms with Gasteiger partial charge in [-0.2, -0.15) is 0 Å². The van der Waals surface area contributed by atoms with E-state index in [2.05, 4.69) is 4.98 Å². The minimum Gasteiger partial charge on any atom is -0.338 e. The van der Waals surface area contributed by atoms with Crippen molar-refractivity contribution in [1.82, 2.24) is 9.88 Å². The zero-order valence-electron chi connectivity index (χ0n) is 8.48. The first kappa shape index (κ1) is 9.96. The van der Waals surface area contributed by atoms with Crippen molar-refractivity contribution in [3.8, 4) is 0 Å². The normalized spacial score (nSPS) is 21.3. The van der Waals surface area contributed by atoms with Crippen LogP contribution in [0.5, 0.6) is 0 Å². The second-order valence-corrected chi connectivity index (χ2v) is 3.81. The summed E-state index contributed by atoms with van der Waals surface area (Å²) in [6.07, 6.45) is 5.44. The fraction of sp³-hybridized carbons (Fsp3) is 0.455. The highest BCUT2D eigenvalue weighted by molar-refractivity contribution is 5.49. The first-order valence-corrected chi connectivity index (χ1v) is 5.21. The molecule has 0 unspecified atom stereocenters. The van der Waals surface area contributed by atoms with Gasteiger partial charge in [0.2, 0.25) is 6.41 Å². The number of carbonyl (C=O) groups excluding carboxylic acids is 1. The van der Waals surface area contributed by atoms with Gasteiger partial charge in [0.1, 0.15) is 0 Å². The van der Waals surface area contributed by atoms with Crippen LogP contribution in [0.1, 0.15) is 30.9 Å². The molecule has 80 valence electrons. The van der Waals surface area contributed by atoms with E-state index in [1.54, 1.807) is 23.2 Å². The van der Waals surface area contributed by atoms with Crippen LogP contribution in [-0.4, -0.2) is 22.8 Å². The molecule has 1 aromatic rings. The summed E-state index contributed by atoms with van der Waals surface area (Å²) in [6, 6.07) is 3.56. The van der Waals surface area contributed by atoms with Crippen molar-refractivity contribution in [2.24, 2.45) is 0 Å². The molecule has 2 heterocycles. The van der Waals surface area contributed by atoms with E-state index in [9.17, 15) is 9.59 Å². The fourth-order valence-electron chi connectivity index (χ4n) is 2.11. The predicted octanol–water partition coefficient (Wildman–Crippen LogP) is 1.06. The molecular weight excluding hydrogens is 192 g/mol. The highest BCUT2D eigenvalue weighted by atomic mass is 16.1. The van der Waals surface area contributed by atoms with E-state index in [1.165, 1.54) is 0 Å². The maximum absolute atomic E-state index is 11.6. The Bertz CT molecular complexity index is 400. The van der Waals surface area contributed by atoms with Gasteiger partial charge < -0.3 is 9.88 Å². The lowest BCUT2D eigenvalue weighted by Gasteiger charge is -2.32. The maximum Gasteiger partial charge on any atom is 0.253 e. The van der Waals surface area contributed by atoms with Crippen molar-refractivity contribution in [3.63, 3.8) is 0 Å². The Morgan fingerprint density at radius 2 is 2.33 bits per heavy atom. The molecule has 1 aliphatic rings. The molecule has 1 aliphatic heterocycles. The number of aromatic nitrogens is 1. The van der Waals surface area contributed by atoms with Gasteiger partial charge in [0.25, 0.3) is 5.56 Å². The third-order valence-corrected chi connectivity index (χ3v) is 2.89. The van der Waals surface area contributed by atoms with Gasteiger partial charge in [0.15, 0.2) is 0 Å². The second kappa shape index (κ2) is 4.29. The molecule has 0 saturated carbocycles. The van der Waals surface area contributed by atoms with Crippen LogP contribution in [-0.2, 0) is 4.79 Å². The van der Waals surface area contributed by atoms with Crippen LogP contribution in [0.15, 0.2) is 23.1 Å². The van der Waals surface area contributed by atoms with Crippen molar-refractivity contribution in [2.45, 2.75) is 25.3 Å². The minimum atomic E-state index is -0.0868. The molecule has 1 atom stereocenters. The van der Waals surface area contributed by atoms with Crippen LogP contribution >= 0.6 is 0 Å². The first-order valence-electron chi connectivity index (χ1n) is 5.21. The van der Waals surface area contributed by atoms with Gasteiger partial charge in [-0.1, -0.05) is 0 Å². The van der Waals surface area contributed by atoms with Gasteiger partial charge in [0.05, 0.1) is 6.04 Å². The lowest BCUT2D eigenvalue weighted by molar-refractivity contribution is -0.121. The summed E-state index contributed by atoms with van der Waals surface area (Å²) in [5.41, 5.74) is 0.612. The predicted molar refractivity (Wildman–Crippen MR) is 56.4 cm³/mol. The Labute approximate surface area is 87.9 Å². The lowest BCUT2D eigenvalue weighted by atomic mass is 9.97. The molecule has 0 radical (unpaired) electrons. The number of nitrogens with one attached hydrogen (secondary N) is 1. The third kappa shape index (κ3) is 1.93. The summed E-state index contributed by atoms with van der Waals surface area (Å²) < 4.78 is 0. The molecule has 1 amide bonds. The van der Waals surface area contributed by atoms with Crippen LogP contribution in [0.3, 0.4) is 0 Å². The number of likely N-dealkylation sites (tertiary alicyclic amines) is 1. The number of amides is 1. The number of piperidine rings is 1. The van der Waals surface area contributed by atoms with Gasteiger partial charge in [-0.05, 0) is 31.4 Å². The quantitative estimate of drug-likeness (QED) is 0.735. The highest BCUT2D eigenvalue weighted by Gasteiger charge is 2.24. The number of hydrogen-bond acceptors (Lipinski definition) is 2. The Kier molecular flexibility index (Phi) is 2.85. The van der Waals surface area contributed by atoms with Gasteiger partial charge in [-0.3, -0.25) is 9.59 Å². The molecule has 15 heavy (non-hydrogen) atoms. The van der Waals surface area contributed by atoms with Crippen LogP contribution in [0.4, 0.5) is 0 Å². The zero-order valence-corrected chi connectivity index (χ0v) is 8.48. The van der Waals surface area contributed by atoms with Gasteiger partial charge >= 0.3 is 0 Å². The summed E-state index contributed by atoms with van der Waals surface area (Å²) in [6.45, 7) is 0.752. The number of nitrogens with zero attached hydrogens (tertiary/aromatic N) is 1. The number of carbonyl (C=O) groups is 1. The minimum absolute atomic E-state index is 0.0406. The molecular formula is C11H14N2O2. The molecule has 2 rings (SSSR count). The molecule has 0 aliphatic carbocycles. The van der Waals surface area contributed by atoms with E-state index in [0.717, 1.165) is 32.2 Å². The molecule has 4 nitrogen and oxygen atoms in total.